The molecule has 0 spiro atoms. The molecule has 1 aromatic heterocycles. The monoisotopic (exact) mass is 418 g/mol. The van der Waals surface area contributed by atoms with Gasteiger partial charge in [0.05, 0.1) is 25.4 Å². The highest BCUT2D eigenvalue weighted by molar-refractivity contribution is 7.09. The first-order valence-corrected chi connectivity index (χ1v) is 10.9. The number of benzene rings is 1. The van der Waals surface area contributed by atoms with Crippen LogP contribution in [-0.2, 0) is 23.2 Å². The molecule has 6 nitrogen and oxygen atoms in total. The molecule has 0 radical (unpaired) electrons. The van der Waals surface area contributed by atoms with Crippen molar-refractivity contribution in [3.63, 3.8) is 0 Å². The third kappa shape index (κ3) is 7.66. The predicted octanol–water partition coefficient (Wildman–Crippen LogP) is 4.03. The van der Waals surface area contributed by atoms with Crippen molar-refractivity contribution < 1.29 is 9.47 Å². The number of ether oxygens (including phenoxy) is 2. The zero-order valence-electron chi connectivity index (χ0n) is 18.5. The fourth-order valence-corrected chi connectivity index (χ4v) is 3.52. The summed E-state index contributed by atoms with van der Waals surface area (Å²) in [6, 6.07) is 6.20. The second-order valence-corrected chi connectivity index (χ2v) is 8.82. The van der Waals surface area contributed by atoms with Crippen LogP contribution in [0, 0.1) is 6.92 Å². The molecule has 29 heavy (non-hydrogen) atoms. The molecule has 0 unspecified atom stereocenters. The summed E-state index contributed by atoms with van der Waals surface area (Å²) in [5.74, 6) is 1.62. The SMILES string of the molecule is CCNC(=NCc1ccc(C)cc1OCCOC)NCc1nc(C(C)(C)C)cs1. The largest absolute Gasteiger partial charge is 0.491 e. The molecule has 0 aliphatic carbocycles. The lowest BCUT2D eigenvalue weighted by molar-refractivity contribution is 0.145. The minimum absolute atomic E-state index is 0.0675. The van der Waals surface area contributed by atoms with Crippen molar-refractivity contribution >= 4 is 17.3 Å². The van der Waals surface area contributed by atoms with E-state index >= 15 is 0 Å². The first-order chi connectivity index (χ1) is 13.8. The third-order valence-electron chi connectivity index (χ3n) is 4.25. The second-order valence-electron chi connectivity index (χ2n) is 7.88. The molecular weight excluding hydrogens is 384 g/mol. The maximum Gasteiger partial charge on any atom is 0.191 e. The summed E-state index contributed by atoms with van der Waals surface area (Å²) >= 11 is 1.68. The molecule has 1 aromatic carbocycles. The maximum absolute atomic E-state index is 5.87. The van der Waals surface area contributed by atoms with Gasteiger partial charge in [0.25, 0.3) is 0 Å². The third-order valence-corrected chi connectivity index (χ3v) is 5.10. The Morgan fingerprint density at radius 3 is 2.66 bits per heavy atom. The zero-order valence-corrected chi connectivity index (χ0v) is 19.3. The van der Waals surface area contributed by atoms with Gasteiger partial charge in [-0.25, -0.2) is 9.98 Å². The Morgan fingerprint density at radius 1 is 1.21 bits per heavy atom. The number of nitrogens with zero attached hydrogens (tertiary/aromatic N) is 2. The van der Waals surface area contributed by atoms with Crippen molar-refractivity contribution in [3.8, 4) is 5.75 Å². The quantitative estimate of drug-likeness (QED) is 0.366. The van der Waals surface area contributed by atoms with Crippen LogP contribution in [0.2, 0.25) is 0 Å². The zero-order chi connectivity index (χ0) is 21.3. The highest BCUT2D eigenvalue weighted by Crippen LogP contribution is 2.24. The van der Waals surface area contributed by atoms with E-state index in [4.69, 9.17) is 19.5 Å². The Kier molecular flexibility index (Phi) is 8.92. The van der Waals surface area contributed by atoms with Crippen LogP contribution >= 0.6 is 11.3 Å². The minimum atomic E-state index is 0.0675. The maximum atomic E-state index is 5.87. The fraction of sp³-hybridized carbons (Fsp3) is 0.545. The van der Waals surface area contributed by atoms with Crippen molar-refractivity contribution in [2.75, 3.05) is 26.9 Å². The molecule has 0 aliphatic rings. The van der Waals surface area contributed by atoms with E-state index in [1.54, 1.807) is 18.4 Å². The van der Waals surface area contributed by atoms with E-state index in [1.807, 2.05) is 6.07 Å². The highest BCUT2D eigenvalue weighted by Gasteiger charge is 2.17. The fourth-order valence-electron chi connectivity index (χ4n) is 2.56. The molecule has 7 heteroatoms. The van der Waals surface area contributed by atoms with Gasteiger partial charge in [0, 0.05) is 30.0 Å². The lowest BCUT2D eigenvalue weighted by atomic mass is 9.93. The first-order valence-electron chi connectivity index (χ1n) is 10.0. The molecule has 0 fully saturated rings. The average molecular weight is 419 g/mol. The summed E-state index contributed by atoms with van der Waals surface area (Å²) in [5.41, 5.74) is 3.40. The molecule has 0 saturated heterocycles. The van der Waals surface area contributed by atoms with Crippen molar-refractivity contribution in [2.45, 2.75) is 53.1 Å². The molecule has 0 aliphatic heterocycles. The number of nitrogens with one attached hydrogen (secondary N) is 2. The Morgan fingerprint density at radius 2 is 2.00 bits per heavy atom. The van der Waals surface area contributed by atoms with Crippen molar-refractivity contribution in [2.24, 2.45) is 4.99 Å². The van der Waals surface area contributed by atoms with Crippen LogP contribution in [0.25, 0.3) is 0 Å². The van der Waals surface area contributed by atoms with Gasteiger partial charge < -0.3 is 20.1 Å². The lowest BCUT2D eigenvalue weighted by Crippen LogP contribution is -2.36. The number of aromatic nitrogens is 1. The Labute approximate surface area is 178 Å². The van der Waals surface area contributed by atoms with Crippen molar-refractivity contribution in [3.05, 3.63) is 45.4 Å². The normalized spacial score (nSPS) is 12.1. The molecule has 160 valence electrons. The van der Waals surface area contributed by atoms with Gasteiger partial charge in [-0.1, -0.05) is 32.9 Å². The summed E-state index contributed by atoms with van der Waals surface area (Å²) in [5, 5.41) is 9.87. The van der Waals surface area contributed by atoms with Gasteiger partial charge in [0.15, 0.2) is 5.96 Å². The Bertz CT molecular complexity index is 796. The van der Waals surface area contributed by atoms with Gasteiger partial charge in [0.2, 0.25) is 0 Å². The van der Waals surface area contributed by atoms with E-state index in [-0.39, 0.29) is 5.41 Å². The average Bonchev–Trinajstić information content (AvgIpc) is 3.15. The number of rotatable bonds is 9. The van der Waals surface area contributed by atoms with Crippen LogP contribution in [0.1, 0.15) is 49.5 Å². The summed E-state index contributed by atoms with van der Waals surface area (Å²) in [7, 11) is 1.67. The number of hydrogen-bond acceptors (Lipinski definition) is 5. The molecule has 1 heterocycles. The second kappa shape index (κ2) is 11.2. The standard InChI is InChI=1S/C22H34N4O2S/c1-7-23-21(25-14-20-26-19(15-29-20)22(3,4)5)24-13-17-9-8-16(2)12-18(17)28-11-10-27-6/h8-9,12,15H,7,10-11,13-14H2,1-6H3,(H2,23,24,25). The number of aryl methyl sites for hydroxylation is 1. The topological polar surface area (TPSA) is 67.8 Å². The molecule has 0 atom stereocenters. The smallest absolute Gasteiger partial charge is 0.191 e. The molecule has 0 saturated carbocycles. The van der Waals surface area contributed by atoms with E-state index in [0.717, 1.165) is 40.1 Å². The van der Waals surface area contributed by atoms with E-state index in [1.165, 1.54) is 0 Å². The van der Waals surface area contributed by atoms with Crippen molar-refractivity contribution in [1.29, 1.82) is 0 Å². The summed E-state index contributed by atoms with van der Waals surface area (Å²) < 4.78 is 11.0. The van der Waals surface area contributed by atoms with Crippen LogP contribution in [-0.4, -0.2) is 37.8 Å². The molecule has 2 rings (SSSR count). The number of guanidine groups is 1. The van der Waals surface area contributed by atoms with Gasteiger partial charge in [-0.05, 0) is 25.5 Å². The van der Waals surface area contributed by atoms with Gasteiger partial charge in [-0.15, -0.1) is 11.3 Å². The Balaban J connectivity index is 2.04. The molecule has 2 aromatic rings. The molecule has 0 bridgehead atoms. The number of aliphatic imine (C=N–C) groups is 1. The lowest BCUT2D eigenvalue weighted by Gasteiger charge is -2.14. The van der Waals surface area contributed by atoms with Gasteiger partial charge in [0.1, 0.15) is 17.4 Å². The molecule has 2 N–H and O–H groups in total. The summed E-state index contributed by atoms with van der Waals surface area (Å²) in [4.78, 5) is 9.47. The van der Waals surface area contributed by atoms with Gasteiger partial charge >= 0.3 is 0 Å². The van der Waals surface area contributed by atoms with Crippen LogP contribution in [0.3, 0.4) is 0 Å². The first kappa shape index (κ1) is 23.2. The van der Waals surface area contributed by atoms with E-state index in [9.17, 15) is 0 Å². The minimum Gasteiger partial charge on any atom is -0.491 e. The summed E-state index contributed by atoms with van der Waals surface area (Å²) in [6.45, 7) is 13.7. The molecule has 0 amide bonds. The van der Waals surface area contributed by atoms with E-state index in [0.29, 0.717) is 26.3 Å². The number of methoxy groups -OCH3 is 1. The van der Waals surface area contributed by atoms with Gasteiger partial charge in [-0.2, -0.15) is 0 Å². The summed E-state index contributed by atoms with van der Waals surface area (Å²) in [6.07, 6.45) is 0. The Hall–Kier alpha value is -2.12. The van der Waals surface area contributed by atoms with E-state index < -0.39 is 0 Å². The van der Waals surface area contributed by atoms with E-state index in [2.05, 4.69) is 62.8 Å². The number of hydrogen-bond donors (Lipinski definition) is 2. The molecular formula is C22H34N4O2S. The van der Waals surface area contributed by atoms with Crippen LogP contribution in [0.4, 0.5) is 0 Å². The van der Waals surface area contributed by atoms with Gasteiger partial charge in [-0.3, -0.25) is 0 Å². The predicted molar refractivity (Wildman–Crippen MR) is 121 cm³/mol. The van der Waals surface area contributed by atoms with Crippen LogP contribution in [0.15, 0.2) is 28.6 Å². The van der Waals surface area contributed by atoms with Crippen LogP contribution < -0.4 is 15.4 Å². The number of thiazole rings is 1. The highest BCUT2D eigenvalue weighted by atomic mass is 32.1. The van der Waals surface area contributed by atoms with Crippen LogP contribution in [0.5, 0.6) is 5.75 Å². The van der Waals surface area contributed by atoms with Crippen molar-refractivity contribution in [1.82, 2.24) is 15.6 Å².